The average Bonchev–Trinajstić information content (AvgIpc) is 3.15. The Morgan fingerprint density at radius 2 is 1.62 bits per heavy atom. The van der Waals surface area contributed by atoms with Gasteiger partial charge in [-0.2, -0.15) is 0 Å². The number of benzene rings is 2. The summed E-state index contributed by atoms with van der Waals surface area (Å²) in [7, 11) is 0. The van der Waals surface area contributed by atoms with E-state index in [9.17, 15) is 14.4 Å². The summed E-state index contributed by atoms with van der Waals surface area (Å²) in [4.78, 5) is 35.4. The van der Waals surface area contributed by atoms with Crippen LogP contribution in [-0.4, -0.2) is 42.3 Å². The lowest BCUT2D eigenvalue weighted by atomic mass is 9.82. The molecule has 176 valence electrons. The lowest BCUT2D eigenvalue weighted by Crippen LogP contribution is -2.42. The molecule has 4 rings (SSSR count). The van der Waals surface area contributed by atoms with Crippen molar-refractivity contribution in [3.8, 4) is 23.0 Å². The predicted molar refractivity (Wildman–Crippen MR) is 127 cm³/mol. The number of alkyl carbamates (subject to hydrolysis) is 1. The zero-order chi connectivity index (χ0) is 23.9. The molecule has 0 aliphatic heterocycles. The normalized spacial score (nSPS) is 18.6. The summed E-state index contributed by atoms with van der Waals surface area (Å²) < 4.78 is 5.45. The van der Waals surface area contributed by atoms with Crippen molar-refractivity contribution < 1.29 is 24.2 Å². The van der Waals surface area contributed by atoms with Crippen LogP contribution in [-0.2, 0) is 14.3 Å². The molecule has 2 aromatic rings. The average molecular weight is 461 g/mol. The standard InChI is InChI=1S/C27H28N2O5/c30-25(29-24-13-6-1-8-18(24)16-26(31)32)14-7-15-28-27(33)34-17-23-21-11-4-2-9-19(21)20-10-3-5-12-22(20)23/h2-5,9-12,18,23-24H,1,6,8,13,15-17H2,(H,28,33)(H,29,30)(H,31,32)/t18-,24-/m1/s1. The monoisotopic (exact) mass is 460 g/mol. The van der Waals surface area contributed by atoms with Gasteiger partial charge in [0, 0.05) is 12.0 Å². The zero-order valence-electron chi connectivity index (χ0n) is 18.9. The number of carboxylic acids is 1. The van der Waals surface area contributed by atoms with Gasteiger partial charge in [-0.25, -0.2) is 4.79 Å². The summed E-state index contributed by atoms with van der Waals surface area (Å²) in [6, 6.07) is 16.0. The molecular weight excluding hydrogens is 432 g/mol. The van der Waals surface area contributed by atoms with Crippen LogP contribution in [0.15, 0.2) is 48.5 Å². The molecule has 2 aliphatic rings. The maximum atomic E-state index is 12.2. The third-order valence-electron chi connectivity index (χ3n) is 6.53. The molecule has 0 heterocycles. The molecular formula is C27H28N2O5. The van der Waals surface area contributed by atoms with E-state index in [0.717, 1.165) is 47.9 Å². The molecule has 3 N–H and O–H groups in total. The summed E-state index contributed by atoms with van der Waals surface area (Å²) in [5, 5.41) is 14.4. The highest BCUT2D eigenvalue weighted by molar-refractivity contribution is 5.93. The van der Waals surface area contributed by atoms with Crippen LogP contribution < -0.4 is 10.6 Å². The van der Waals surface area contributed by atoms with E-state index in [1.54, 1.807) is 0 Å². The number of amides is 2. The molecule has 7 nitrogen and oxygen atoms in total. The number of carbonyl (C=O) groups is 3. The molecule has 2 atom stereocenters. The fourth-order valence-electron chi connectivity index (χ4n) is 4.96. The van der Waals surface area contributed by atoms with Crippen molar-refractivity contribution in [3.63, 3.8) is 0 Å². The van der Waals surface area contributed by atoms with E-state index in [-0.39, 0.29) is 37.5 Å². The second-order valence-corrected chi connectivity index (χ2v) is 8.70. The Hall–Kier alpha value is -3.79. The summed E-state index contributed by atoms with van der Waals surface area (Å²) in [6.45, 7) is 0.188. The largest absolute Gasteiger partial charge is 0.481 e. The number of ether oxygens (including phenoxy) is 1. The van der Waals surface area contributed by atoms with Gasteiger partial charge < -0.3 is 20.5 Å². The number of rotatable bonds is 6. The van der Waals surface area contributed by atoms with Crippen molar-refractivity contribution in [2.24, 2.45) is 5.92 Å². The minimum Gasteiger partial charge on any atom is -0.481 e. The van der Waals surface area contributed by atoms with E-state index in [4.69, 9.17) is 9.84 Å². The van der Waals surface area contributed by atoms with Gasteiger partial charge in [-0.15, -0.1) is 0 Å². The Kier molecular flexibility index (Phi) is 7.48. The Labute approximate surface area is 198 Å². The molecule has 0 spiro atoms. The third-order valence-corrected chi connectivity index (χ3v) is 6.53. The minimum atomic E-state index is -0.857. The second kappa shape index (κ2) is 10.9. The fraction of sp³-hybridized carbons (Fsp3) is 0.370. The molecule has 1 saturated carbocycles. The highest BCUT2D eigenvalue weighted by atomic mass is 16.5. The van der Waals surface area contributed by atoms with Crippen molar-refractivity contribution in [1.82, 2.24) is 10.6 Å². The van der Waals surface area contributed by atoms with Gasteiger partial charge in [-0.3, -0.25) is 9.59 Å². The van der Waals surface area contributed by atoms with Crippen LogP contribution in [0.4, 0.5) is 4.79 Å². The van der Waals surface area contributed by atoms with E-state index >= 15 is 0 Å². The van der Waals surface area contributed by atoms with Crippen LogP contribution in [0.25, 0.3) is 11.1 Å². The molecule has 0 aromatic heterocycles. The summed E-state index contributed by atoms with van der Waals surface area (Å²) in [5.74, 6) is 3.68. The fourth-order valence-corrected chi connectivity index (χ4v) is 4.96. The molecule has 2 aliphatic carbocycles. The van der Waals surface area contributed by atoms with Crippen LogP contribution in [0.1, 0.15) is 49.1 Å². The van der Waals surface area contributed by atoms with Crippen molar-refractivity contribution in [1.29, 1.82) is 0 Å². The number of hydrogen-bond donors (Lipinski definition) is 3. The van der Waals surface area contributed by atoms with Gasteiger partial charge in [0.15, 0.2) is 0 Å². The van der Waals surface area contributed by atoms with Gasteiger partial charge in [-0.1, -0.05) is 67.3 Å². The molecule has 0 unspecified atom stereocenters. The van der Waals surface area contributed by atoms with E-state index in [1.165, 1.54) is 0 Å². The summed E-state index contributed by atoms with van der Waals surface area (Å²) in [6.07, 6.45) is 2.92. The van der Waals surface area contributed by atoms with Crippen LogP contribution in [0, 0.1) is 17.8 Å². The van der Waals surface area contributed by atoms with Crippen molar-refractivity contribution in [2.75, 3.05) is 13.2 Å². The first kappa shape index (κ1) is 23.4. The first-order valence-electron chi connectivity index (χ1n) is 11.6. The number of fused-ring (bicyclic) bond motifs is 3. The molecule has 7 heteroatoms. The van der Waals surface area contributed by atoms with Gasteiger partial charge in [0.05, 0.1) is 13.0 Å². The Morgan fingerprint density at radius 3 is 2.29 bits per heavy atom. The molecule has 0 saturated heterocycles. The van der Waals surface area contributed by atoms with Crippen molar-refractivity contribution in [2.45, 2.75) is 44.1 Å². The van der Waals surface area contributed by atoms with Crippen LogP contribution >= 0.6 is 0 Å². The topological polar surface area (TPSA) is 105 Å². The van der Waals surface area contributed by atoms with Gasteiger partial charge >= 0.3 is 12.1 Å². The highest BCUT2D eigenvalue weighted by Crippen LogP contribution is 2.44. The molecule has 0 bridgehead atoms. The van der Waals surface area contributed by atoms with E-state index < -0.39 is 18.0 Å². The van der Waals surface area contributed by atoms with Gasteiger partial charge in [-0.05, 0) is 46.9 Å². The van der Waals surface area contributed by atoms with Crippen LogP contribution in [0.2, 0.25) is 0 Å². The SMILES string of the molecule is O=C(O)C[C@H]1CCCC[C@H]1NC(=O)C#CCNC(=O)OCC1c2ccccc2-c2ccccc21. The van der Waals surface area contributed by atoms with E-state index in [1.807, 2.05) is 24.3 Å². The molecule has 1 fully saturated rings. The number of nitrogens with one attached hydrogen (secondary N) is 2. The minimum absolute atomic E-state index is 0.0205. The quantitative estimate of drug-likeness (QED) is 0.571. The summed E-state index contributed by atoms with van der Waals surface area (Å²) >= 11 is 0. The van der Waals surface area contributed by atoms with Crippen LogP contribution in [0.5, 0.6) is 0 Å². The predicted octanol–water partition coefficient (Wildman–Crippen LogP) is 3.68. The number of carbonyl (C=O) groups excluding carboxylic acids is 2. The van der Waals surface area contributed by atoms with E-state index in [0.29, 0.717) is 0 Å². The Bertz CT molecular complexity index is 1090. The lowest BCUT2D eigenvalue weighted by molar-refractivity contribution is -0.139. The van der Waals surface area contributed by atoms with Gasteiger partial charge in [0.25, 0.3) is 5.91 Å². The number of hydrogen-bond acceptors (Lipinski definition) is 4. The number of carboxylic acid groups (broad SMARTS) is 1. The molecule has 2 amide bonds. The Balaban J connectivity index is 1.24. The van der Waals surface area contributed by atoms with Crippen LogP contribution in [0.3, 0.4) is 0 Å². The second-order valence-electron chi connectivity index (χ2n) is 8.70. The Morgan fingerprint density at radius 1 is 0.971 bits per heavy atom. The molecule has 2 aromatic carbocycles. The lowest BCUT2D eigenvalue weighted by Gasteiger charge is -2.30. The van der Waals surface area contributed by atoms with Crippen molar-refractivity contribution >= 4 is 18.0 Å². The van der Waals surface area contributed by atoms with Crippen molar-refractivity contribution in [3.05, 3.63) is 59.7 Å². The first-order valence-corrected chi connectivity index (χ1v) is 11.6. The smallest absolute Gasteiger partial charge is 0.407 e. The summed E-state index contributed by atoms with van der Waals surface area (Å²) in [5.41, 5.74) is 4.59. The molecule has 0 radical (unpaired) electrons. The van der Waals surface area contributed by atoms with Gasteiger partial charge in [0.2, 0.25) is 0 Å². The maximum Gasteiger partial charge on any atom is 0.407 e. The zero-order valence-corrected chi connectivity index (χ0v) is 18.9. The third kappa shape index (κ3) is 5.57. The first-order chi connectivity index (χ1) is 16.5. The highest BCUT2D eigenvalue weighted by Gasteiger charge is 2.29. The molecule has 34 heavy (non-hydrogen) atoms. The van der Waals surface area contributed by atoms with Gasteiger partial charge in [0.1, 0.15) is 6.61 Å². The van der Waals surface area contributed by atoms with E-state index in [2.05, 4.69) is 46.7 Å². The maximum absolute atomic E-state index is 12.2. The number of aliphatic carboxylic acids is 1.